The molecule has 0 spiro atoms. The lowest BCUT2D eigenvalue weighted by molar-refractivity contribution is -0.139. The minimum absolute atomic E-state index is 0.189. The van der Waals surface area contributed by atoms with Crippen molar-refractivity contribution in [3.63, 3.8) is 0 Å². The molecule has 1 atom stereocenters. The molecule has 0 radical (unpaired) electrons. The molecular formula is C18H18N2O5S2. The zero-order chi connectivity index (χ0) is 19.4. The van der Waals surface area contributed by atoms with Gasteiger partial charge in [-0.2, -0.15) is 0 Å². The van der Waals surface area contributed by atoms with Gasteiger partial charge >= 0.3 is 18.0 Å². The van der Waals surface area contributed by atoms with Gasteiger partial charge in [0.1, 0.15) is 11.5 Å². The van der Waals surface area contributed by atoms with Crippen molar-refractivity contribution in [2.24, 2.45) is 0 Å². The summed E-state index contributed by atoms with van der Waals surface area (Å²) in [6.45, 7) is 3.54. The molecule has 2 amide bonds. The van der Waals surface area contributed by atoms with Gasteiger partial charge in [-0.1, -0.05) is 6.07 Å². The first-order valence-corrected chi connectivity index (χ1v) is 9.93. The fourth-order valence-electron chi connectivity index (χ4n) is 2.60. The van der Waals surface area contributed by atoms with Crippen LogP contribution in [-0.4, -0.2) is 31.2 Å². The zero-order valence-electron chi connectivity index (χ0n) is 14.7. The molecule has 0 fully saturated rings. The van der Waals surface area contributed by atoms with Crippen LogP contribution in [0.15, 0.2) is 40.9 Å². The molecule has 1 aliphatic rings. The molecule has 0 saturated carbocycles. The molecule has 2 aromatic rings. The smallest absolute Gasteiger partial charge is 0.348 e. The molecule has 7 nitrogen and oxygen atoms in total. The van der Waals surface area contributed by atoms with E-state index in [4.69, 9.17) is 9.47 Å². The van der Waals surface area contributed by atoms with Crippen LogP contribution < -0.4 is 10.6 Å². The Balaban J connectivity index is 1.88. The molecular weight excluding hydrogens is 388 g/mol. The van der Waals surface area contributed by atoms with Crippen LogP contribution in [0, 0.1) is 6.92 Å². The van der Waals surface area contributed by atoms with E-state index in [1.54, 1.807) is 13.0 Å². The van der Waals surface area contributed by atoms with E-state index in [-0.39, 0.29) is 24.5 Å². The van der Waals surface area contributed by atoms with Crippen molar-refractivity contribution in [1.29, 1.82) is 0 Å². The van der Waals surface area contributed by atoms with Crippen LogP contribution in [0.25, 0.3) is 0 Å². The van der Waals surface area contributed by atoms with Crippen molar-refractivity contribution in [3.8, 4) is 0 Å². The summed E-state index contributed by atoms with van der Waals surface area (Å²) >= 11 is 2.72. The lowest BCUT2D eigenvalue weighted by atomic mass is 10.0. The van der Waals surface area contributed by atoms with E-state index >= 15 is 0 Å². The monoisotopic (exact) mass is 406 g/mol. The summed E-state index contributed by atoms with van der Waals surface area (Å²) in [6, 6.07) is 6.02. The lowest BCUT2D eigenvalue weighted by Gasteiger charge is -2.28. The van der Waals surface area contributed by atoms with Gasteiger partial charge in [-0.3, -0.25) is 0 Å². The molecule has 142 valence electrons. The first kappa shape index (κ1) is 19.1. The summed E-state index contributed by atoms with van der Waals surface area (Å²) in [5.74, 6) is -1.08. The number of amides is 2. The van der Waals surface area contributed by atoms with Gasteiger partial charge in [0.15, 0.2) is 0 Å². The molecule has 27 heavy (non-hydrogen) atoms. The Labute approximate surface area is 164 Å². The van der Waals surface area contributed by atoms with Crippen LogP contribution in [0.5, 0.6) is 0 Å². The summed E-state index contributed by atoms with van der Waals surface area (Å²) in [4.78, 5) is 39.1. The topological polar surface area (TPSA) is 93.7 Å². The fraction of sp³-hybridized carbons (Fsp3) is 0.278. The van der Waals surface area contributed by atoms with Crippen LogP contribution in [0.2, 0.25) is 0 Å². The van der Waals surface area contributed by atoms with Crippen LogP contribution >= 0.6 is 22.7 Å². The highest BCUT2D eigenvalue weighted by molar-refractivity contribution is 7.13. The number of esters is 2. The van der Waals surface area contributed by atoms with E-state index < -0.39 is 24.0 Å². The quantitative estimate of drug-likeness (QED) is 0.719. The van der Waals surface area contributed by atoms with E-state index in [0.29, 0.717) is 4.88 Å². The third-order valence-corrected chi connectivity index (χ3v) is 5.68. The third kappa shape index (κ3) is 4.37. The van der Waals surface area contributed by atoms with Gasteiger partial charge in [-0.05, 0) is 37.4 Å². The van der Waals surface area contributed by atoms with Gasteiger partial charge < -0.3 is 20.1 Å². The maximum Gasteiger partial charge on any atom is 0.348 e. The molecule has 1 unspecified atom stereocenters. The van der Waals surface area contributed by atoms with Crippen molar-refractivity contribution in [2.75, 3.05) is 13.2 Å². The van der Waals surface area contributed by atoms with Crippen LogP contribution in [0.1, 0.15) is 32.4 Å². The number of carbonyl (C=O) groups is 3. The Hall–Kier alpha value is -2.65. The number of hydrogen-bond acceptors (Lipinski definition) is 7. The van der Waals surface area contributed by atoms with Crippen LogP contribution in [0.4, 0.5) is 4.79 Å². The SMILES string of the molecule is CCOC(=O)C1=C(COC(=O)c2ccc(C)s2)NC(=O)NC1c1cccs1. The molecule has 9 heteroatoms. The van der Waals surface area contributed by atoms with Crippen LogP contribution in [-0.2, 0) is 14.3 Å². The maximum absolute atomic E-state index is 12.5. The molecule has 2 N–H and O–H groups in total. The number of nitrogens with one attached hydrogen (secondary N) is 2. The lowest BCUT2D eigenvalue weighted by Crippen LogP contribution is -2.46. The second-order valence-corrected chi connectivity index (χ2v) is 7.91. The van der Waals surface area contributed by atoms with Crippen molar-refractivity contribution < 1.29 is 23.9 Å². The molecule has 0 aliphatic carbocycles. The van der Waals surface area contributed by atoms with E-state index in [1.165, 1.54) is 22.7 Å². The Bertz CT molecular complexity index is 885. The predicted molar refractivity (Wildman–Crippen MR) is 102 cm³/mol. The standard InChI is InChI=1S/C18H18N2O5S2/c1-3-24-17(22)14-11(9-25-16(21)13-7-6-10(2)27-13)19-18(23)20-15(14)12-5-4-8-26-12/h4-8,15H,3,9H2,1-2H3,(H2,19,20,23). The Morgan fingerprint density at radius 3 is 2.63 bits per heavy atom. The number of aryl methyl sites for hydroxylation is 1. The maximum atomic E-state index is 12.5. The van der Waals surface area contributed by atoms with Gasteiger partial charge in [0.2, 0.25) is 0 Å². The third-order valence-electron chi connectivity index (χ3n) is 3.77. The van der Waals surface area contributed by atoms with Crippen molar-refractivity contribution >= 4 is 40.6 Å². The van der Waals surface area contributed by atoms with Gasteiger partial charge in [-0.25, -0.2) is 14.4 Å². The molecule has 0 bridgehead atoms. The van der Waals surface area contributed by atoms with E-state index in [2.05, 4.69) is 10.6 Å². The summed E-state index contributed by atoms with van der Waals surface area (Å²) in [6.07, 6.45) is 0. The first-order chi connectivity index (χ1) is 13.0. The second-order valence-electron chi connectivity index (χ2n) is 5.65. The highest BCUT2D eigenvalue weighted by Gasteiger charge is 2.34. The minimum atomic E-state index is -0.657. The van der Waals surface area contributed by atoms with E-state index in [9.17, 15) is 14.4 Å². The molecule has 1 aliphatic heterocycles. The number of thiophene rings is 2. The Morgan fingerprint density at radius 2 is 2.00 bits per heavy atom. The predicted octanol–water partition coefficient (Wildman–Crippen LogP) is 3.15. The molecule has 3 heterocycles. The van der Waals surface area contributed by atoms with Gasteiger partial charge in [-0.15, -0.1) is 22.7 Å². The fourth-order valence-corrected chi connectivity index (χ4v) is 4.15. The average Bonchev–Trinajstić information content (AvgIpc) is 3.31. The average molecular weight is 406 g/mol. The normalized spacial score (nSPS) is 16.5. The van der Waals surface area contributed by atoms with Crippen LogP contribution in [0.3, 0.4) is 0 Å². The van der Waals surface area contributed by atoms with Crippen molar-refractivity contribution in [1.82, 2.24) is 10.6 Å². The van der Waals surface area contributed by atoms with E-state index in [0.717, 1.165) is 9.75 Å². The number of hydrogen-bond donors (Lipinski definition) is 2. The Morgan fingerprint density at radius 1 is 1.19 bits per heavy atom. The molecule has 0 saturated heterocycles. The summed E-state index contributed by atoms with van der Waals surface area (Å²) < 4.78 is 10.5. The highest BCUT2D eigenvalue weighted by Crippen LogP contribution is 2.30. The van der Waals surface area contributed by atoms with Crippen molar-refractivity contribution in [3.05, 3.63) is 55.5 Å². The summed E-state index contributed by atoms with van der Waals surface area (Å²) in [5.41, 5.74) is 0.450. The molecule has 3 rings (SSSR count). The molecule has 0 aromatic carbocycles. The largest absolute Gasteiger partial charge is 0.463 e. The number of carbonyl (C=O) groups excluding carboxylic acids is 3. The molecule has 2 aromatic heterocycles. The van der Waals surface area contributed by atoms with E-state index in [1.807, 2.05) is 30.5 Å². The van der Waals surface area contributed by atoms with Gasteiger partial charge in [0, 0.05) is 9.75 Å². The summed E-state index contributed by atoms with van der Waals surface area (Å²) in [5, 5.41) is 7.15. The minimum Gasteiger partial charge on any atom is -0.463 e. The zero-order valence-corrected chi connectivity index (χ0v) is 16.4. The number of urea groups is 1. The number of rotatable bonds is 6. The Kier molecular flexibility index (Phi) is 5.92. The number of ether oxygens (including phenoxy) is 2. The summed E-state index contributed by atoms with van der Waals surface area (Å²) in [7, 11) is 0. The highest BCUT2D eigenvalue weighted by atomic mass is 32.1. The van der Waals surface area contributed by atoms with Gasteiger partial charge in [0.25, 0.3) is 0 Å². The second kappa shape index (κ2) is 8.36. The van der Waals surface area contributed by atoms with Gasteiger partial charge in [0.05, 0.1) is 23.9 Å². The first-order valence-electron chi connectivity index (χ1n) is 8.24. The van der Waals surface area contributed by atoms with Crippen molar-refractivity contribution in [2.45, 2.75) is 19.9 Å².